The first-order valence-electron chi connectivity index (χ1n) is 9.21. The van der Waals surface area contributed by atoms with Gasteiger partial charge in [-0.1, -0.05) is 29.3 Å². The molecule has 0 spiro atoms. The third kappa shape index (κ3) is 5.17. The van der Waals surface area contributed by atoms with E-state index in [1.165, 1.54) is 0 Å². The minimum absolute atomic E-state index is 0.00580. The number of amides is 1. The zero-order chi connectivity index (χ0) is 20.3. The van der Waals surface area contributed by atoms with Crippen LogP contribution >= 0.6 is 39.1 Å². The summed E-state index contributed by atoms with van der Waals surface area (Å²) in [5.74, 6) is 0.958. The second kappa shape index (κ2) is 9.44. The van der Waals surface area contributed by atoms with Crippen LogP contribution < -0.4 is 10.2 Å². The van der Waals surface area contributed by atoms with Crippen molar-refractivity contribution in [3.05, 3.63) is 56.6 Å². The summed E-state index contributed by atoms with van der Waals surface area (Å²) in [4.78, 5) is 21.6. The Morgan fingerprint density at radius 3 is 2.46 bits per heavy atom. The minimum atomic E-state index is -0.214. The number of aromatic nitrogens is 1. The number of nitrogens with one attached hydrogen (secondary N) is 1. The van der Waals surface area contributed by atoms with E-state index in [2.05, 4.69) is 36.0 Å². The van der Waals surface area contributed by atoms with E-state index < -0.39 is 0 Å². The molecule has 28 heavy (non-hydrogen) atoms. The average molecular weight is 486 g/mol. The number of nitrogens with zero attached hydrogens (tertiary/aromatic N) is 3. The minimum Gasteiger partial charge on any atom is -0.354 e. The lowest BCUT2D eigenvalue weighted by molar-refractivity contribution is -0.126. The second-order valence-corrected chi connectivity index (χ2v) is 8.69. The Morgan fingerprint density at radius 2 is 1.86 bits per heavy atom. The fourth-order valence-electron chi connectivity index (χ4n) is 3.32. The molecule has 2 unspecified atom stereocenters. The third-order valence-electron chi connectivity index (χ3n) is 5.06. The van der Waals surface area contributed by atoms with E-state index in [0.29, 0.717) is 10.0 Å². The summed E-state index contributed by atoms with van der Waals surface area (Å²) in [7, 11) is 0. The molecule has 2 atom stereocenters. The van der Waals surface area contributed by atoms with Gasteiger partial charge in [0, 0.05) is 46.9 Å². The van der Waals surface area contributed by atoms with Crippen molar-refractivity contribution in [1.82, 2.24) is 15.2 Å². The Morgan fingerprint density at radius 1 is 1.14 bits per heavy atom. The van der Waals surface area contributed by atoms with Gasteiger partial charge in [0.2, 0.25) is 5.91 Å². The molecule has 1 aromatic carbocycles. The molecule has 0 aliphatic carbocycles. The highest BCUT2D eigenvalue weighted by molar-refractivity contribution is 9.10. The van der Waals surface area contributed by atoms with Crippen molar-refractivity contribution in [1.29, 1.82) is 0 Å². The highest BCUT2D eigenvalue weighted by atomic mass is 79.9. The maximum absolute atomic E-state index is 12.7. The second-order valence-electron chi connectivity index (χ2n) is 6.93. The highest BCUT2D eigenvalue weighted by Crippen LogP contribution is 2.26. The Balaban J connectivity index is 1.54. The van der Waals surface area contributed by atoms with Crippen LogP contribution in [0.15, 0.2) is 41.0 Å². The molecule has 0 bridgehead atoms. The predicted octanol–water partition coefficient (Wildman–Crippen LogP) is 4.54. The van der Waals surface area contributed by atoms with Gasteiger partial charge in [-0.3, -0.25) is 9.69 Å². The van der Waals surface area contributed by atoms with E-state index in [9.17, 15) is 4.79 Å². The van der Waals surface area contributed by atoms with E-state index in [-0.39, 0.29) is 18.0 Å². The number of benzene rings is 1. The first-order chi connectivity index (χ1) is 13.3. The molecule has 3 rings (SSSR count). The van der Waals surface area contributed by atoms with Gasteiger partial charge in [0.05, 0.1) is 12.1 Å². The number of carbonyl (C=O) groups excluding carboxylic acids is 1. The van der Waals surface area contributed by atoms with E-state index in [0.717, 1.165) is 42.0 Å². The van der Waals surface area contributed by atoms with Gasteiger partial charge in [-0.25, -0.2) is 4.98 Å². The van der Waals surface area contributed by atoms with Gasteiger partial charge in [-0.2, -0.15) is 0 Å². The monoisotopic (exact) mass is 484 g/mol. The summed E-state index contributed by atoms with van der Waals surface area (Å²) in [6, 6.07) is 8.93. The number of halogens is 3. The molecule has 1 aromatic heterocycles. The van der Waals surface area contributed by atoms with Gasteiger partial charge in [-0.15, -0.1) is 0 Å². The lowest BCUT2D eigenvalue weighted by Gasteiger charge is -2.38. The topological polar surface area (TPSA) is 48.5 Å². The van der Waals surface area contributed by atoms with Crippen molar-refractivity contribution in [2.45, 2.75) is 25.9 Å². The zero-order valence-corrected chi connectivity index (χ0v) is 18.9. The fraction of sp³-hybridized carbons (Fsp3) is 0.400. The van der Waals surface area contributed by atoms with Crippen molar-refractivity contribution in [2.75, 3.05) is 31.1 Å². The number of pyridine rings is 1. The van der Waals surface area contributed by atoms with E-state index in [4.69, 9.17) is 23.2 Å². The number of piperazine rings is 1. The van der Waals surface area contributed by atoms with Crippen molar-refractivity contribution in [3.63, 3.8) is 0 Å². The molecule has 0 saturated carbocycles. The summed E-state index contributed by atoms with van der Waals surface area (Å²) < 4.78 is 0.968. The van der Waals surface area contributed by atoms with Gasteiger partial charge in [-0.05, 0) is 59.6 Å². The molecule has 1 aliphatic heterocycles. The van der Waals surface area contributed by atoms with Crippen molar-refractivity contribution < 1.29 is 4.79 Å². The van der Waals surface area contributed by atoms with Crippen LogP contribution in [0.25, 0.3) is 0 Å². The fourth-order valence-corrected chi connectivity index (χ4v) is 4.13. The van der Waals surface area contributed by atoms with Crippen molar-refractivity contribution in [2.24, 2.45) is 0 Å². The molecular formula is C20H23BrCl2N4O. The van der Waals surface area contributed by atoms with Crippen molar-refractivity contribution >= 4 is 50.9 Å². The van der Waals surface area contributed by atoms with Gasteiger partial charge in [0.1, 0.15) is 5.82 Å². The molecule has 1 aliphatic rings. The number of hydrogen-bond acceptors (Lipinski definition) is 4. The highest BCUT2D eigenvalue weighted by Gasteiger charge is 2.27. The first-order valence-corrected chi connectivity index (χ1v) is 10.8. The lowest BCUT2D eigenvalue weighted by Crippen LogP contribution is -2.54. The molecule has 0 radical (unpaired) electrons. The maximum Gasteiger partial charge on any atom is 0.237 e. The zero-order valence-electron chi connectivity index (χ0n) is 15.8. The quantitative estimate of drug-likeness (QED) is 0.675. The Kier molecular flexibility index (Phi) is 7.20. The molecule has 2 heterocycles. The van der Waals surface area contributed by atoms with Crippen LogP contribution in [0, 0.1) is 0 Å². The van der Waals surface area contributed by atoms with E-state index >= 15 is 0 Å². The summed E-state index contributed by atoms with van der Waals surface area (Å²) in [6.07, 6.45) is 1.81. The normalized spacial score (nSPS) is 17.2. The summed E-state index contributed by atoms with van der Waals surface area (Å²) in [6.45, 7) is 7.16. The van der Waals surface area contributed by atoms with Crippen LogP contribution in [0.5, 0.6) is 0 Å². The lowest BCUT2D eigenvalue weighted by atomic mass is 10.1. The standard InChI is InChI=1S/C20H23BrCl2N4O/c1-13(17-5-4-16(22)11-18(17)23)25-20(28)14(2)26-7-9-27(10-8-26)19-6-3-15(21)12-24-19/h3-6,11-14H,7-10H2,1-2H3,(H,25,28). The smallest absolute Gasteiger partial charge is 0.237 e. The molecule has 8 heteroatoms. The van der Waals surface area contributed by atoms with Gasteiger partial charge < -0.3 is 10.2 Å². The molecule has 150 valence electrons. The van der Waals surface area contributed by atoms with Crippen LogP contribution in [-0.4, -0.2) is 48.0 Å². The van der Waals surface area contributed by atoms with Crippen LogP contribution in [0.2, 0.25) is 10.0 Å². The van der Waals surface area contributed by atoms with Crippen LogP contribution in [0.1, 0.15) is 25.5 Å². The maximum atomic E-state index is 12.7. The molecule has 2 aromatic rings. The molecule has 5 nitrogen and oxygen atoms in total. The Bertz CT molecular complexity index is 825. The largest absolute Gasteiger partial charge is 0.354 e. The SMILES string of the molecule is CC(NC(=O)C(C)N1CCN(c2ccc(Br)cn2)CC1)c1ccc(Cl)cc1Cl. The van der Waals surface area contributed by atoms with E-state index in [1.54, 1.807) is 18.3 Å². The number of anilines is 1. The number of hydrogen-bond donors (Lipinski definition) is 1. The number of rotatable bonds is 5. The predicted molar refractivity (Wildman–Crippen MR) is 118 cm³/mol. The Hall–Kier alpha value is -1.34. The van der Waals surface area contributed by atoms with Gasteiger partial charge >= 0.3 is 0 Å². The Labute approximate surface area is 184 Å². The van der Waals surface area contributed by atoms with Crippen molar-refractivity contribution in [3.8, 4) is 0 Å². The third-order valence-corrected chi connectivity index (χ3v) is 6.10. The summed E-state index contributed by atoms with van der Waals surface area (Å²) in [5, 5.41) is 4.20. The number of carbonyl (C=O) groups is 1. The summed E-state index contributed by atoms with van der Waals surface area (Å²) >= 11 is 15.6. The average Bonchev–Trinajstić information content (AvgIpc) is 2.68. The molecular weight excluding hydrogens is 463 g/mol. The molecule has 1 amide bonds. The van der Waals surface area contributed by atoms with Crippen LogP contribution in [0.4, 0.5) is 5.82 Å². The van der Waals surface area contributed by atoms with Gasteiger partial charge in [0.15, 0.2) is 0 Å². The summed E-state index contributed by atoms with van der Waals surface area (Å²) in [5.41, 5.74) is 0.859. The van der Waals surface area contributed by atoms with Crippen LogP contribution in [-0.2, 0) is 4.79 Å². The molecule has 1 fully saturated rings. The van der Waals surface area contributed by atoms with Crippen LogP contribution in [0.3, 0.4) is 0 Å². The molecule has 1 N–H and O–H groups in total. The van der Waals surface area contributed by atoms with Gasteiger partial charge in [0.25, 0.3) is 0 Å². The first kappa shape index (κ1) is 21.4. The molecule has 1 saturated heterocycles. The van der Waals surface area contributed by atoms with E-state index in [1.807, 2.05) is 32.0 Å².